The summed E-state index contributed by atoms with van der Waals surface area (Å²) in [6, 6.07) is 16.5. The molecule has 0 spiro atoms. The van der Waals surface area contributed by atoms with Gasteiger partial charge in [-0.05, 0) is 48.7 Å². The molecule has 24 heavy (non-hydrogen) atoms. The molecule has 2 aromatic carbocycles. The predicted octanol–water partition coefficient (Wildman–Crippen LogP) is 3.09. The standard InChI is InChI=1S/C19H17N3O2/c20-12-13-5-8-16(9-6-13)21-18(23)10-7-15-11-14-3-1-2-4-17(14)22-19(15)24/h1-6,8-9,15H,7,10-11H2,(H,21,23)(H,22,24)/t15-/m1/s1. The highest BCUT2D eigenvalue weighted by Crippen LogP contribution is 2.27. The van der Waals surface area contributed by atoms with Gasteiger partial charge in [0.25, 0.3) is 0 Å². The second kappa shape index (κ2) is 6.97. The molecule has 0 bridgehead atoms. The number of nitrogens with zero attached hydrogens (tertiary/aromatic N) is 1. The van der Waals surface area contributed by atoms with E-state index < -0.39 is 0 Å². The minimum Gasteiger partial charge on any atom is -0.326 e. The number of rotatable bonds is 4. The van der Waals surface area contributed by atoms with E-state index >= 15 is 0 Å². The molecule has 120 valence electrons. The molecule has 0 radical (unpaired) electrons. The molecule has 2 aromatic rings. The molecule has 3 rings (SSSR count). The maximum atomic E-state index is 12.1. The van der Waals surface area contributed by atoms with Crippen molar-refractivity contribution in [3.63, 3.8) is 0 Å². The SMILES string of the molecule is N#Cc1ccc(NC(=O)CC[C@@H]2Cc3ccccc3NC2=O)cc1. The number of carbonyl (C=O) groups is 2. The second-order valence-corrected chi connectivity index (χ2v) is 5.82. The fourth-order valence-electron chi connectivity index (χ4n) is 2.80. The lowest BCUT2D eigenvalue weighted by Crippen LogP contribution is -2.30. The third kappa shape index (κ3) is 3.61. The Hall–Kier alpha value is -3.13. The Morgan fingerprint density at radius 2 is 1.96 bits per heavy atom. The van der Waals surface area contributed by atoms with Crippen LogP contribution in [0.25, 0.3) is 0 Å². The summed E-state index contributed by atoms with van der Waals surface area (Å²) in [6.07, 6.45) is 1.44. The average Bonchev–Trinajstić information content (AvgIpc) is 2.60. The van der Waals surface area contributed by atoms with E-state index in [0.29, 0.717) is 24.1 Å². The van der Waals surface area contributed by atoms with Gasteiger partial charge in [0.15, 0.2) is 0 Å². The monoisotopic (exact) mass is 319 g/mol. The van der Waals surface area contributed by atoms with Crippen molar-refractivity contribution >= 4 is 23.2 Å². The third-order valence-corrected chi connectivity index (χ3v) is 4.13. The van der Waals surface area contributed by atoms with Crippen LogP contribution < -0.4 is 10.6 Å². The van der Waals surface area contributed by atoms with E-state index in [9.17, 15) is 9.59 Å². The highest BCUT2D eigenvalue weighted by atomic mass is 16.2. The summed E-state index contributed by atoms with van der Waals surface area (Å²) in [4.78, 5) is 24.2. The van der Waals surface area contributed by atoms with Crippen molar-refractivity contribution in [2.45, 2.75) is 19.3 Å². The summed E-state index contributed by atoms with van der Waals surface area (Å²) in [7, 11) is 0. The smallest absolute Gasteiger partial charge is 0.227 e. The number of benzene rings is 2. The van der Waals surface area contributed by atoms with Crippen LogP contribution in [-0.4, -0.2) is 11.8 Å². The molecule has 0 saturated carbocycles. The van der Waals surface area contributed by atoms with Crippen molar-refractivity contribution in [3.05, 3.63) is 59.7 Å². The summed E-state index contributed by atoms with van der Waals surface area (Å²) < 4.78 is 0. The molecular weight excluding hydrogens is 302 g/mol. The molecule has 0 aliphatic carbocycles. The number of amides is 2. The zero-order valence-corrected chi connectivity index (χ0v) is 13.1. The lowest BCUT2D eigenvalue weighted by Gasteiger charge is -2.24. The summed E-state index contributed by atoms with van der Waals surface area (Å²) >= 11 is 0. The Balaban J connectivity index is 1.54. The number of anilines is 2. The highest BCUT2D eigenvalue weighted by Gasteiger charge is 2.26. The fraction of sp³-hybridized carbons (Fsp3) is 0.211. The Labute approximate surface area is 140 Å². The zero-order valence-electron chi connectivity index (χ0n) is 13.1. The second-order valence-electron chi connectivity index (χ2n) is 5.82. The number of nitriles is 1. The Morgan fingerprint density at radius 1 is 1.21 bits per heavy atom. The number of carbonyl (C=O) groups excluding carboxylic acids is 2. The van der Waals surface area contributed by atoms with Gasteiger partial charge in [0.1, 0.15) is 0 Å². The van der Waals surface area contributed by atoms with E-state index in [4.69, 9.17) is 5.26 Å². The number of nitrogens with one attached hydrogen (secondary N) is 2. The van der Waals surface area contributed by atoms with E-state index in [1.807, 2.05) is 30.3 Å². The molecular formula is C19H17N3O2. The van der Waals surface area contributed by atoms with Crippen LogP contribution in [0.1, 0.15) is 24.0 Å². The molecule has 2 N–H and O–H groups in total. The van der Waals surface area contributed by atoms with Crippen LogP contribution in [0, 0.1) is 17.2 Å². The van der Waals surface area contributed by atoms with Crippen LogP contribution in [0.3, 0.4) is 0 Å². The van der Waals surface area contributed by atoms with Gasteiger partial charge >= 0.3 is 0 Å². The van der Waals surface area contributed by atoms with Crippen molar-refractivity contribution in [2.75, 3.05) is 10.6 Å². The van der Waals surface area contributed by atoms with Gasteiger partial charge in [0.05, 0.1) is 11.6 Å². The van der Waals surface area contributed by atoms with Crippen LogP contribution in [0.4, 0.5) is 11.4 Å². The van der Waals surface area contributed by atoms with Crippen LogP contribution >= 0.6 is 0 Å². The van der Waals surface area contributed by atoms with Gasteiger partial charge in [0.2, 0.25) is 11.8 Å². The first-order chi connectivity index (χ1) is 11.7. The average molecular weight is 319 g/mol. The molecule has 0 fully saturated rings. The molecule has 5 heteroatoms. The van der Waals surface area contributed by atoms with Gasteiger partial charge in [-0.3, -0.25) is 9.59 Å². The van der Waals surface area contributed by atoms with E-state index in [1.54, 1.807) is 24.3 Å². The predicted molar refractivity (Wildman–Crippen MR) is 91.3 cm³/mol. The fourth-order valence-corrected chi connectivity index (χ4v) is 2.80. The van der Waals surface area contributed by atoms with Crippen LogP contribution in [0.5, 0.6) is 0 Å². The minimum atomic E-state index is -0.188. The first-order valence-corrected chi connectivity index (χ1v) is 7.84. The molecule has 0 saturated heterocycles. The van der Waals surface area contributed by atoms with Gasteiger partial charge in [-0.2, -0.15) is 5.26 Å². The Bertz CT molecular complexity index is 806. The van der Waals surface area contributed by atoms with Crippen molar-refractivity contribution in [2.24, 2.45) is 5.92 Å². The van der Waals surface area contributed by atoms with Gasteiger partial charge in [-0.25, -0.2) is 0 Å². The molecule has 1 heterocycles. The van der Waals surface area contributed by atoms with Crippen LogP contribution in [0.2, 0.25) is 0 Å². The first-order valence-electron chi connectivity index (χ1n) is 7.84. The largest absolute Gasteiger partial charge is 0.326 e. The van der Waals surface area contributed by atoms with Gasteiger partial charge < -0.3 is 10.6 Å². The van der Waals surface area contributed by atoms with Crippen LogP contribution in [0.15, 0.2) is 48.5 Å². The number of fused-ring (bicyclic) bond motifs is 1. The first kappa shape index (κ1) is 15.8. The topological polar surface area (TPSA) is 82.0 Å². The molecule has 1 atom stereocenters. The maximum absolute atomic E-state index is 12.1. The summed E-state index contributed by atoms with van der Waals surface area (Å²) in [5.74, 6) is -0.349. The quantitative estimate of drug-likeness (QED) is 0.908. The molecule has 2 amide bonds. The molecule has 0 unspecified atom stereocenters. The van der Waals surface area contributed by atoms with Gasteiger partial charge in [0, 0.05) is 23.7 Å². The van der Waals surface area contributed by atoms with Crippen molar-refractivity contribution in [3.8, 4) is 6.07 Å². The van der Waals surface area contributed by atoms with E-state index in [0.717, 1.165) is 11.3 Å². The van der Waals surface area contributed by atoms with E-state index in [1.165, 1.54) is 0 Å². The van der Waals surface area contributed by atoms with Gasteiger partial charge in [-0.1, -0.05) is 18.2 Å². The maximum Gasteiger partial charge on any atom is 0.227 e. The summed E-state index contributed by atoms with van der Waals surface area (Å²) in [6.45, 7) is 0. The molecule has 0 aromatic heterocycles. The number of hydrogen-bond donors (Lipinski definition) is 2. The van der Waals surface area contributed by atoms with Crippen molar-refractivity contribution in [1.82, 2.24) is 0 Å². The summed E-state index contributed by atoms with van der Waals surface area (Å²) in [5, 5.41) is 14.4. The third-order valence-electron chi connectivity index (χ3n) is 4.13. The summed E-state index contributed by atoms with van der Waals surface area (Å²) in [5.41, 5.74) is 3.17. The molecule has 1 aliphatic heterocycles. The van der Waals surface area contributed by atoms with E-state index in [2.05, 4.69) is 10.6 Å². The molecule has 5 nitrogen and oxygen atoms in total. The highest BCUT2D eigenvalue weighted by molar-refractivity contribution is 5.96. The number of hydrogen-bond acceptors (Lipinski definition) is 3. The Kier molecular flexibility index (Phi) is 4.57. The van der Waals surface area contributed by atoms with Gasteiger partial charge in [-0.15, -0.1) is 0 Å². The number of para-hydroxylation sites is 1. The van der Waals surface area contributed by atoms with Crippen molar-refractivity contribution < 1.29 is 9.59 Å². The minimum absolute atomic E-state index is 0.0279. The molecule has 1 aliphatic rings. The lowest BCUT2D eigenvalue weighted by atomic mass is 9.89. The zero-order chi connectivity index (χ0) is 16.9. The Morgan fingerprint density at radius 3 is 2.71 bits per heavy atom. The van der Waals surface area contributed by atoms with E-state index in [-0.39, 0.29) is 24.2 Å². The lowest BCUT2D eigenvalue weighted by molar-refractivity contribution is -0.121. The van der Waals surface area contributed by atoms with Crippen LogP contribution in [-0.2, 0) is 16.0 Å². The van der Waals surface area contributed by atoms with Crippen molar-refractivity contribution in [1.29, 1.82) is 5.26 Å². The normalized spacial score (nSPS) is 15.8.